The first kappa shape index (κ1) is 16.4. The highest BCUT2D eigenvalue weighted by molar-refractivity contribution is 8.02. The van der Waals surface area contributed by atoms with Crippen molar-refractivity contribution >= 4 is 23.4 Å². The van der Waals surface area contributed by atoms with E-state index < -0.39 is 0 Å². The molecule has 4 rings (SSSR count). The van der Waals surface area contributed by atoms with Crippen molar-refractivity contribution in [2.24, 2.45) is 16.8 Å². The van der Waals surface area contributed by atoms with Crippen LogP contribution >= 0.6 is 11.8 Å². The van der Waals surface area contributed by atoms with Gasteiger partial charge < -0.3 is 5.32 Å². The van der Waals surface area contributed by atoms with Gasteiger partial charge in [-0.2, -0.15) is 0 Å². The van der Waals surface area contributed by atoms with Gasteiger partial charge >= 0.3 is 0 Å². The first-order valence-electron chi connectivity index (χ1n) is 9.65. The Morgan fingerprint density at radius 3 is 2.75 bits per heavy atom. The van der Waals surface area contributed by atoms with E-state index in [0.717, 1.165) is 31.6 Å². The van der Waals surface area contributed by atoms with E-state index in [9.17, 15) is 4.79 Å². The molecule has 2 fully saturated rings. The number of carbonyl (C=O) groups is 1. The summed E-state index contributed by atoms with van der Waals surface area (Å²) < 4.78 is -0.0318. The van der Waals surface area contributed by atoms with Crippen LogP contribution in [0.2, 0.25) is 0 Å². The van der Waals surface area contributed by atoms with Crippen LogP contribution < -0.4 is 5.32 Å². The summed E-state index contributed by atoms with van der Waals surface area (Å²) in [4.78, 5) is 17.8. The summed E-state index contributed by atoms with van der Waals surface area (Å²) in [5.41, 5.74) is 1.19. The van der Waals surface area contributed by atoms with Crippen molar-refractivity contribution in [2.45, 2.75) is 62.2 Å². The zero-order valence-electron chi connectivity index (χ0n) is 14.4. The van der Waals surface area contributed by atoms with Gasteiger partial charge in [0, 0.05) is 18.3 Å². The molecule has 0 aromatic rings. The molecule has 130 valence electrons. The van der Waals surface area contributed by atoms with Gasteiger partial charge in [0.25, 0.3) is 0 Å². The molecule has 0 aromatic carbocycles. The van der Waals surface area contributed by atoms with Crippen LogP contribution in [0, 0.1) is 11.8 Å². The van der Waals surface area contributed by atoms with E-state index in [4.69, 9.17) is 4.99 Å². The SMILES string of the molecule is O=C(NC1CCCCCCC1)C1CSC23C=CC=CC2=NCCC13. The van der Waals surface area contributed by atoms with Crippen molar-refractivity contribution in [3.63, 3.8) is 0 Å². The zero-order valence-corrected chi connectivity index (χ0v) is 15.2. The van der Waals surface area contributed by atoms with Crippen molar-refractivity contribution in [3.8, 4) is 0 Å². The molecule has 1 saturated carbocycles. The number of allylic oxidation sites excluding steroid dienone is 3. The summed E-state index contributed by atoms with van der Waals surface area (Å²) in [6, 6.07) is 0.401. The summed E-state index contributed by atoms with van der Waals surface area (Å²) in [6.07, 6.45) is 18.6. The molecule has 0 aromatic heterocycles. The molecule has 4 heteroatoms. The van der Waals surface area contributed by atoms with E-state index in [1.165, 1.54) is 37.8 Å². The topological polar surface area (TPSA) is 41.5 Å². The number of amides is 1. The summed E-state index contributed by atoms with van der Waals surface area (Å²) in [7, 11) is 0. The van der Waals surface area contributed by atoms with Gasteiger partial charge in [-0.25, -0.2) is 0 Å². The summed E-state index contributed by atoms with van der Waals surface area (Å²) >= 11 is 1.93. The van der Waals surface area contributed by atoms with E-state index in [-0.39, 0.29) is 10.7 Å². The van der Waals surface area contributed by atoms with Gasteiger partial charge in [-0.3, -0.25) is 9.79 Å². The minimum Gasteiger partial charge on any atom is -0.353 e. The number of rotatable bonds is 2. The quantitative estimate of drug-likeness (QED) is 0.825. The summed E-state index contributed by atoms with van der Waals surface area (Å²) in [5, 5.41) is 3.42. The van der Waals surface area contributed by atoms with E-state index in [2.05, 4.69) is 29.6 Å². The molecular formula is C20H28N2OS. The smallest absolute Gasteiger partial charge is 0.224 e. The first-order chi connectivity index (χ1) is 11.8. The van der Waals surface area contributed by atoms with E-state index in [1.807, 2.05) is 11.8 Å². The van der Waals surface area contributed by atoms with Gasteiger partial charge in [0.2, 0.25) is 5.91 Å². The molecule has 1 N–H and O–H groups in total. The molecule has 1 spiro atoms. The second kappa shape index (κ2) is 7.07. The van der Waals surface area contributed by atoms with Crippen LogP contribution in [-0.4, -0.2) is 34.7 Å². The Balaban J connectivity index is 1.45. The van der Waals surface area contributed by atoms with Crippen molar-refractivity contribution in [2.75, 3.05) is 12.3 Å². The molecular weight excluding hydrogens is 316 g/mol. The van der Waals surface area contributed by atoms with Crippen LogP contribution in [0.25, 0.3) is 0 Å². The summed E-state index contributed by atoms with van der Waals surface area (Å²) in [5.74, 6) is 1.78. The number of nitrogens with zero attached hydrogens (tertiary/aromatic N) is 1. The number of nitrogens with one attached hydrogen (secondary N) is 1. The van der Waals surface area contributed by atoms with Gasteiger partial charge in [-0.05, 0) is 31.3 Å². The largest absolute Gasteiger partial charge is 0.353 e. The van der Waals surface area contributed by atoms with Gasteiger partial charge in [-0.15, -0.1) is 11.8 Å². The predicted octanol–water partition coefficient (Wildman–Crippen LogP) is 3.90. The summed E-state index contributed by atoms with van der Waals surface area (Å²) in [6.45, 7) is 0.869. The number of aliphatic imine (C=N–C) groups is 1. The lowest BCUT2D eigenvalue weighted by Crippen LogP contribution is -2.48. The zero-order chi connectivity index (χ0) is 16.4. The minimum atomic E-state index is -0.0318. The fourth-order valence-electron chi connectivity index (χ4n) is 4.83. The van der Waals surface area contributed by atoms with E-state index >= 15 is 0 Å². The van der Waals surface area contributed by atoms with Gasteiger partial charge in [0.15, 0.2) is 0 Å². The van der Waals surface area contributed by atoms with Gasteiger partial charge in [0.05, 0.1) is 16.4 Å². The van der Waals surface area contributed by atoms with Crippen molar-refractivity contribution in [1.82, 2.24) is 5.32 Å². The maximum Gasteiger partial charge on any atom is 0.224 e. The molecule has 4 aliphatic rings. The highest BCUT2D eigenvalue weighted by Crippen LogP contribution is 2.52. The average molecular weight is 345 g/mol. The average Bonchev–Trinajstić information content (AvgIpc) is 2.95. The molecule has 3 atom stereocenters. The Morgan fingerprint density at radius 2 is 1.92 bits per heavy atom. The third kappa shape index (κ3) is 2.98. The Labute approximate surface area is 149 Å². The maximum absolute atomic E-state index is 13.0. The molecule has 3 nitrogen and oxygen atoms in total. The Morgan fingerprint density at radius 1 is 1.12 bits per heavy atom. The molecule has 0 bridgehead atoms. The first-order valence-corrected chi connectivity index (χ1v) is 10.6. The third-order valence-electron chi connectivity index (χ3n) is 6.16. The van der Waals surface area contributed by atoms with Crippen LogP contribution in [0.4, 0.5) is 0 Å². The van der Waals surface area contributed by atoms with Crippen LogP contribution in [0.3, 0.4) is 0 Å². The lowest BCUT2D eigenvalue weighted by molar-refractivity contribution is -0.126. The number of thioether (sulfide) groups is 1. The third-order valence-corrected chi connectivity index (χ3v) is 7.81. The fourth-order valence-corrected chi connectivity index (χ4v) is 6.62. The van der Waals surface area contributed by atoms with Crippen molar-refractivity contribution in [3.05, 3.63) is 24.3 Å². The molecule has 24 heavy (non-hydrogen) atoms. The van der Waals surface area contributed by atoms with Crippen LogP contribution in [-0.2, 0) is 4.79 Å². The molecule has 2 heterocycles. The standard InChI is InChI=1S/C20H28N2OS/c23-19(22-15-8-4-2-1-3-5-9-15)16-14-24-20-12-7-6-10-18(20)21-13-11-17(16)20/h6-7,10,12,15-17H,1-5,8-9,11,13-14H2,(H,22,23). The molecule has 0 radical (unpaired) electrons. The van der Waals surface area contributed by atoms with E-state index in [0.29, 0.717) is 17.9 Å². The van der Waals surface area contributed by atoms with Crippen molar-refractivity contribution < 1.29 is 4.79 Å². The second-order valence-corrected chi connectivity index (χ2v) is 8.94. The monoisotopic (exact) mass is 344 g/mol. The molecule has 1 saturated heterocycles. The maximum atomic E-state index is 13.0. The Hall–Kier alpha value is -1.03. The predicted molar refractivity (Wildman–Crippen MR) is 102 cm³/mol. The Kier molecular flexibility index (Phi) is 4.84. The molecule has 3 unspecified atom stereocenters. The van der Waals surface area contributed by atoms with Gasteiger partial charge in [-0.1, -0.05) is 50.3 Å². The van der Waals surface area contributed by atoms with Crippen LogP contribution in [0.1, 0.15) is 51.4 Å². The second-order valence-electron chi connectivity index (χ2n) is 7.64. The normalized spacial score (nSPS) is 36.2. The molecule has 2 aliphatic carbocycles. The highest BCUT2D eigenvalue weighted by atomic mass is 32.2. The van der Waals surface area contributed by atoms with Crippen LogP contribution in [0.15, 0.2) is 29.3 Å². The van der Waals surface area contributed by atoms with Gasteiger partial charge in [0.1, 0.15) is 0 Å². The molecule has 1 amide bonds. The van der Waals surface area contributed by atoms with Crippen LogP contribution in [0.5, 0.6) is 0 Å². The fraction of sp³-hybridized carbons (Fsp3) is 0.700. The molecule has 2 aliphatic heterocycles. The highest BCUT2D eigenvalue weighted by Gasteiger charge is 2.54. The van der Waals surface area contributed by atoms with E-state index in [1.54, 1.807) is 0 Å². The lowest BCUT2D eigenvalue weighted by atomic mass is 9.74. The minimum absolute atomic E-state index is 0.0318. The lowest BCUT2D eigenvalue weighted by Gasteiger charge is -2.38. The number of hydrogen-bond acceptors (Lipinski definition) is 3. The number of carbonyl (C=O) groups excluding carboxylic acids is 1. The Bertz CT molecular complexity index is 574. The number of hydrogen-bond donors (Lipinski definition) is 1. The van der Waals surface area contributed by atoms with Crippen molar-refractivity contribution in [1.29, 1.82) is 0 Å².